The Balaban J connectivity index is 2.41. The van der Waals surface area contributed by atoms with Gasteiger partial charge in [0, 0.05) is 12.1 Å². The molecule has 0 aliphatic carbocycles. The van der Waals surface area contributed by atoms with E-state index in [9.17, 15) is 4.39 Å². The lowest BCUT2D eigenvalue weighted by molar-refractivity contribution is 0.605. The van der Waals surface area contributed by atoms with Gasteiger partial charge < -0.3 is 5.32 Å². The zero-order valence-electron chi connectivity index (χ0n) is 10.6. The number of aryl methyl sites for hydroxylation is 1. The van der Waals surface area contributed by atoms with Crippen LogP contribution in [0.4, 0.5) is 10.2 Å². The van der Waals surface area contributed by atoms with Crippen molar-refractivity contribution in [1.29, 1.82) is 0 Å². The summed E-state index contributed by atoms with van der Waals surface area (Å²) in [6.07, 6.45) is 0.920. The third-order valence-electron chi connectivity index (χ3n) is 2.59. The second-order valence-electron chi connectivity index (χ2n) is 4.09. The van der Waals surface area contributed by atoms with Crippen LogP contribution in [0.2, 0.25) is 0 Å². The minimum Gasteiger partial charge on any atom is -0.368 e. The molecule has 0 bridgehead atoms. The van der Waals surface area contributed by atoms with E-state index >= 15 is 0 Å². The maximum Gasteiger partial charge on any atom is 0.186 e. The van der Waals surface area contributed by atoms with Gasteiger partial charge in [0.15, 0.2) is 17.5 Å². The second kappa shape index (κ2) is 5.58. The standard InChI is InChI=1S/C14H16FN3/c1-3-9-16-14-12(15)10(2)17-13(18-14)11-7-5-4-6-8-11/h4-8H,3,9H2,1-2H3,(H,16,17,18). The number of halogens is 1. The smallest absolute Gasteiger partial charge is 0.186 e. The summed E-state index contributed by atoms with van der Waals surface area (Å²) in [6.45, 7) is 4.37. The summed E-state index contributed by atoms with van der Waals surface area (Å²) in [6, 6.07) is 9.58. The number of aromatic nitrogens is 2. The molecule has 3 nitrogen and oxygen atoms in total. The molecule has 18 heavy (non-hydrogen) atoms. The van der Waals surface area contributed by atoms with Crippen LogP contribution in [-0.4, -0.2) is 16.5 Å². The monoisotopic (exact) mass is 245 g/mol. The Labute approximate surface area is 106 Å². The molecule has 0 fully saturated rings. The van der Waals surface area contributed by atoms with Gasteiger partial charge in [-0.3, -0.25) is 0 Å². The van der Waals surface area contributed by atoms with Gasteiger partial charge in [0.2, 0.25) is 0 Å². The number of nitrogens with zero attached hydrogens (tertiary/aromatic N) is 2. The molecule has 4 heteroatoms. The van der Waals surface area contributed by atoms with Crippen LogP contribution in [0.1, 0.15) is 19.0 Å². The molecule has 0 saturated carbocycles. The average Bonchev–Trinajstić information content (AvgIpc) is 2.41. The van der Waals surface area contributed by atoms with Crippen LogP contribution in [0, 0.1) is 12.7 Å². The first-order valence-electron chi connectivity index (χ1n) is 6.05. The van der Waals surface area contributed by atoms with Crippen molar-refractivity contribution < 1.29 is 4.39 Å². The number of hydrogen-bond acceptors (Lipinski definition) is 3. The fraction of sp³-hybridized carbons (Fsp3) is 0.286. The molecule has 0 unspecified atom stereocenters. The van der Waals surface area contributed by atoms with Crippen molar-refractivity contribution in [1.82, 2.24) is 9.97 Å². The SMILES string of the molecule is CCCNc1nc(-c2ccccc2)nc(C)c1F. The first-order chi connectivity index (χ1) is 8.72. The fourth-order valence-corrected chi connectivity index (χ4v) is 1.64. The van der Waals surface area contributed by atoms with E-state index in [0.29, 0.717) is 18.1 Å². The first kappa shape index (κ1) is 12.5. The minimum atomic E-state index is -0.372. The quantitative estimate of drug-likeness (QED) is 0.897. The Morgan fingerprint density at radius 3 is 2.56 bits per heavy atom. The van der Waals surface area contributed by atoms with Crippen LogP contribution in [0.5, 0.6) is 0 Å². The number of benzene rings is 1. The van der Waals surface area contributed by atoms with Gasteiger partial charge in [0.05, 0.1) is 5.69 Å². The van der Waals surface area contributed by atoms with Gasteiger partial charge in [0.25, 0.3) is 0 Å². The van der Waals surface area contributed by atoms with Crippen molar-refractivity contribution in [2.75, 3.05) is 11.9 Å². The highest BCUT2D eigenvalue weighted by molar-refractivity contribution is 5.57. The molecule has 94 valence electrons. The van der Waals surface area contributed by atoms with Crippen LogP contribution >= 0.6 is 0 Å². The molecule has 2 rings (SSSR count). The Hall–Kier alpha value is -1.97. The van der Waals surface area contributed by atoms with Crippen molar-refractivity contribution in [3.05, 3.63) is 41.8 Å². The van der Waals surface area contributed by atoms with Crippen molar-refractivity contribution in [2.24, 2.45) is 0 Å². The van der Waals surface area contributed by atoms with Crippen molar-refractivity contribution in [3.8, 4) is 11.4 Å². The molecule has 0 spiro atoms. The highest BCUT2D eigenvalue weighted by Crippen LogP contribution is 2.20. The Kier molecular flexibility index (Phi) is 3.87. The lowest BCUT2D eigenvalue weighted by Gasteiger charge is -2.09. The summed E-state index contributed by atoms with van der Waals surface area (Å²) in [5, 5.41) is 2.99. The van der Waals surface area contributed by atoms with Gasteiger partial charge in [-0.25, -0.2) is 14.4 Å². The van der Waals surface area contributed by atoms with E-state index in [1.54, 1.807) is 6.92 Å². The summed E-state index contributed by atoms with van der Waals surface area (Å²) < 4.78 is 13.8. The summed E-state index contributed by atoms with van der Waals surface area (Å²) in [5.74, 6) is 0.458. The van der Waals surface area contributed by atoms with E-state index in [1.165, 1.54) is 0 Å². The molecule has 1 aromatic carbocycles. The molecule has 0 atom stereocenters. The van der Waals surface area contributed by atoms with E-state index in [0.717, 1.165) is 12.0 Å². The molecule has 0 aliphatic heterocycles. The lowest BCUT2D eigenvalue weighted by Crippen LogP contribution is -2.08. The van der Waals surface area contributed by atoms with Gasteiger partial charge in [-0.15, -0.1) is 0 Å². The predicted molar refractivity (Wildman–Crippen MR) is 70.9 cm³/mol. The summed E-state index contributed by atoms with van der Waals surface area (Å²) >= 11 is 0. The van der Waals surface area contributed by atoms with Crippen molar-refractivity contribution >= 4 is 5.82 Å². The van der Waals surface area contributed by atoms with Crippen LogP contribution in [0.15, 0.2) is 30.3 Å². The van der Waals surface area contributed by atoms with E-state index in [4.69, 9.17) is 0 Å². The molecule has 2 aromatic rings. The third kappa shape index (κ3) is 2.64. The molecule has 0 aliphatic rings. The molecule has 1 heterocycles. The molecule has 0 amide bonds. The third-order valence-corrected chi connectivity index (χ3v) is 2.59. The fourth-order valence-electron chi connectivity index (χ4n) is 1.64. The molecular formula is C14H16FN3. The molecule has 1 N–H and O–H groups in total. The molecule has 0 saturated heterocycles. The maximum absolute atomic E-state index is 13.8. The highest BCUT2D eigenvalue weighted by atomic mass is 19.1. The second-order valence-corrected chi connectivity index (χ2v) is 4.09. The van der Waals surface area contributed by atoms with Crippen LogP contribution in [-0.2, 0) is 0 Å². The normalized spacial score (nSPS) is 10.4. The van der Waals surface area contributed by atoms with Crippen LogP contribution in [0.25, 0.3) is 11.4 Å². The zero-order chi connectivity index (χ0) is 13.0. The predicted octanol–water partition coefficient (Wildman–Crippen LogP) is 3.41. The summed E-state index contributed by atoms with van der Waals surface area (Å²) in [5.41, 5.74) is 1.25. The first-order valence-corrected chi connectivity index (χ1v) is 6.05. The van der Waals surface area contributed by atoms with Gasteiger partial charge in [0.1, 0.15) is 0 Å². The van der Waals surface area contributed by atoms with E-state index in [1.807, 2.05) is 37.3 Å². The number of anilines is 1. The van der Waals surface area contributed by atoms with Gasteiger partial charge in [-0.05, 0) is 13.3 Å². The van der Waals surface area contributed by atoms with Crippen molar-refractivity contribution in [3.63, 3.8) is 0 Å². The Bertz CT molecular complexity index is 526. The topological polar surface area (TPSA) is 37.8 Å². The molecule has 1 aromatic heterocycles. The largest absolute Gasteiger partial charge is 0.368 e. The number of hydrogen-bond donors (Lipinski definition) is 1. The van der Waals surface area contributed by atoms with E-state index in [-0.39, 0.29) is 11.6 Å². The Morgan fingerprint density at radius 2 is 1.89 bits per heavy atom. The van der Waals surface area contributed by atoms with E-state index < -0.39 is 0 Å². The summed E-state index contributed by atoms with van der Waals surface area (Å²) in [4.78, 5) is 8.43. The highest BCUT2D eigenvalue weighted by Gasteiger charge is 2.11. The molecular weight excluding hydrogens is 229 g/mol. The van der Waals surface area contributed by atoms with Gasteiger partial charge in [-0.1, -0.05) is 37.3 Å². The molecule has 0 radical (unpaired) electrons. The minimum absolute atomic E-state index is 0.281. The van der Waals surface area contributed by atoms with Crippen molar-refractivity contribution in [2.45, 2.75) is 20.3 Å². The summed E-state index contributed by atoms with van der Waals surface area (Å²) in [7, 11) is 0. The van der Waals surface area contributed by atoms with Gasteiger partial charge in [-0.2, -0.15) is 0 Å². The Morgan fingerprint density at radius 1 is 1.17 bits per heavy atom. The number of rotatable bonds is 4. The zero-order valence-corrected chi connectivity index (χ0v) is 10.6. The maximum atomic E-state index is 13.8. The number of nitrogens with one attached hydrogen (secondary N) is 1. The van der Waals surface area contributed by atoms with Crippen LogP contribution < -0.4 is 5.32 Å². The van der Waals surface area contributed by atoms with Crippen LogP contribution in [0.3, 0.4) is 0 Å². The lowest BCUT2D eigenvalue weighted by atomic mass is 10.2. The average molecular weight is 245 g/mol. The van der Waals surface area contributed by atoms with E-state index in [2.05, 4.69) is 15.3 Å². The van der Waals surface area contributed by atoms with Gasteiger partial charge >= 0.3 is 0 Å².